The van der Waals surface area contributed by atoms with E-state index in [-0.39, 0.29) is 12.4 Å². The van der Waals surface area contributed by atoms with Crippen molar-refractivity contribution in [2.24, 2.45) is 11.8 Å². The molecule has 1 aromatic carbocycles. The van der Waals surface area contributed by atoms with Gasteiger partial charge < -0.3 is 10.0 Å². The summed E-state index contributed by atoms with van der Waals surface area (Å²) in [4.78, 5) is 2.25. The highest BCUT2D eigenvalue weighted by atomic mass is 35.5. The Balaban J connectivity index is 0.00000180. The SMILES string of the molecule is CC1C=C(c2cccc(O)c2)C(CN(C)C)CC1.Cl. The van der Waals surface area contributed by atoms with Crippen molar-refractivity contribution in [1.82, 2.24) is 4.90 Å². The van der Waals surface area contributed by atoms with Gasteiger partial charge >= 0.3 is 0 Å². The van der Waals surface area contributed by atoms with Crippen LogP contribution in [0.2, 0.25) is 0 Å². The van der Waals surface area contributed by atoms with Crippen molar-refractivity contribution < 1.29 is 5.11 Å². The maximum atomic E-state index is 9.64. The lowest BCUT2D eigenvalue weighted by Crippen LogP contribution is -2.25. The number of phenols is 1. The summed E-state index contributed by atoms with van der Waals surface area (Å²) in [6.45, 7) is 3.35. The fourth-order valence-electron chi connectivity index (χ4n) is 2.79. The second kappa shape index (κ2) is 6.97. The summed E-state index contributed by atoms with van der Waals surface area (Å²) >= 11 is 0. The standard InChI is InChI=1S/C16H23NO.ClH/c1-12-7-8-14(11-17(2)3)16(9-12)13-5-4-6-15(18)10-13;/h4-6,9-10,12,14,18H,7-8,11H2,1-3H3;1H. The van der Waals surface area contributed by atoms with Crippen molar-refractivity contribution in [2.75, 3.05) is 20.6 Å². The minimum Gasteiger partial charge on any atom is -0.508 e. The van der Waals surface area contributed by atoms with Crippen molar-refractivity contribution in [3.8, 4) is 5.75 Å². The number of allylic oxidation sites excluding steroid dienone is 1. The molecule has 106 valence electrons. The van der Waals surface area contributed by atoms with Crippen LogP contribution in [0.3, 0.4) is 0 Å². The molecular weight excluding hydrogens is 258 g/mol. The molecule has 0 fully saturated rings. The minimum absolute atomic E-state index is 0. The van der Waals surface area contributed by atoms with Crippen LogP contribution in [0, 0.1) is 11.8 Å². The predicted octanol–water partition coefficient (Wildman–Crippen LogP) is 3.81. The van der Waals surface area contributed by atoms with Crippen molar-refractivity contribution in [2.45, 2.75) is 19.8 Å². The first-order chi connectivity index (χ1) is 8.56. The normalized spacial score (nSPS) is 22.8. The molecule has 2 rings (SSSR count). The van der Waals surface area contributed by atoms with Gasteiger partial charge in [0.15, 0.2) is 0 Å². The predicted molar refractivity (Wildman–Crippen MR) is 83.8 cm³/mol. The molecule has 1 aromatic rings. The third-order valence-corrected chi connectivity index (χ3v) is 3.64. The van der Waals surface area contributed by atoms with Crippen LogP contribution in [0.25, 0.3) is 5.57 Å². The maximum Gasteiger partial charge on any atom is 0.116 e. The van der Waals surface area contributed by atoms with Crippen molar-refractivity contribution in [1.29, 1.82) is 0 Å². The van der Waals surface area contributed by atoms with E-state index >= 15 is 0 Å². The molecule has 0 aliphatic heterocycles. The van der Waals surface area contributed by atoms with Crippen LogP contribution in [0.5, 0.6) is 5.75 Å². The second-order valence-electron chi connectivity index (χ2n) is 5.69. The Bertz CT molecular complexity index is 442. The van der Waals surface area contributed by atoms with Crippen LogP contribution in [0.15, 0.2) is 30.3 Å². The summed E-state index contributed by atoms with van der Waals surface area (Å²) < 4.78 is 0. The zero-order chi connectivity index (χ0) is 13.1. The molecule has 0 bridgehead atoms. The molecule has 1 aliphatic carbocycles. The first-order valence-corrected chi connectivity index (χ1v) is 6.72. The molecule has 1 aliphatic rings. The first kappa shape index (κ1) is 16.1. The lowest BCUT2D eigenvalue weighted by atomic mass is 9.79. The minimum atomic E-state index is 0. The average Bonchev–Trinajstić information content (AvgIpc) is 2.31. The van der Waals surface area contributed by atoms with Crippen molar-refractivity contribution >= 4 is 18.0 Å². The summed E-state index contributed by atoms with van der Waals surface area (Å²) in [5, 5.41) is 9.64. The summed E-state index contributed by atoms with van der Waals surface area (Å²) in [5.41, 5.74) is 2.58. The van der Waals surface area contributed by atoms with Crippen molar-refractivity contribution in [3.63, 3.8) is 0 Å². The fourth-order valence-corrected chi connectivity index (χ4v) is 2.79. The van der Waals surface area contributed by atoms with E-state index in [1.54, 1.807) is 6.07 Å². The number of halogens is 1. The topological polar surface area (TPSA) is 23.5 Å². The molecule has 0 aromatic heterocycles. The first-order valence-electron chi connectivity index (χ1n) is 6.72. The van der Waals surface area contributed by atoms with E-state index in [0.717, 1.165) is 6.54 Å². The van der Waals surface area contributed by atoms with Crippen LogP contribution in [-0.2, 0) is 0 Å². The van der Waals surface area contributed by atoms with Gasteiger partial charge in [0.05, 0.1) is 0 Å². The highest BCUT2D eigenvalue weighted by Gasteiger charge is 2.22. The smallest absolute Gasteiger partial charge is 0.116 e. The third-order valence-electron chi connectivity index (χ3n) is 3.64. The molecule has 0 radical (unpaired) electrons. The Morgan fingerprint density at radius 2 is 2.00 bits per heavy atom. The molecule has 0 saturated heterocycles. The number of nitrogens with zero attached hydrogens (tertiary/aromatic N) is 1. The lowest BCUT2D eigenvalue weighted by Gasteiger charge is -2.30. The van der Waals surface area contributed by atoms with Gasteiger partial charge in [-0.3, -0.25) is 0 Å². The van der Waals surface area contributed by atoms with E-state index in [9.17, 15) is 5.11 Å². The molecule has 19 heavy (non-hydrogen) atoms. The van der Waals surface area contributed by atoms with E-state index in [4.69, 9.17) is 0 Å². The van der Waals surface area contributed by atoms with E-state index in [0.29, 0.717) is 17.6 Å². The monoisotopic (exact) mass is 281 g/mol. The molecule has 2 nitrogen and oxygen atoms in total. The van der Waals surface area contributed by atoms with Crippen LogP contribution in [0.1, 0.15) is 25.3 Å². The van der Waals surface area contributed by atoms with E-state index in [1.807, 2.05) is 12.1 Å². The van der Waals surface area contributed by atoms with Gasteiger partial charge in [-0.15, -0.1) is 12.4 Å². The number of phenolic OH excluding ortho intramolecular Hbond substituents is 1. The Hall–Kier alpha value is -0.990. The van der Waals surface area contributed by atoms with Gasteiger partial charge in [0.1, 0.15) is 5.75 Å². The quantitative estimate of drug-likeness (QED) is 0.911. The van der Waals surface area contributed by atoms with Gasteiger partial charge in [0, 0.05) is 6.54 Å². The lowest BCUT2D eigenvalue weighted by molar-refractivity contribution is 0.336. The van der Waals surface area contributed by atoms with E-state index in [2.05, 4.69) is 38.1 Å². The maximum absolute atomic E-state index is 9.64. The van der Waals surface area contributed by atoms with Gasteiger partial charge in [-0.2, -0.15) is 0 Å². The Kier molecular flexibility index (Phi) is 5.89. The molecule has 0 amide bonds. The zero-order valence-corrected chi connectivity index (χ0v) is 12.8. The molecule has 0 saturated carbocycles. The van der Waals surface area contributed by atoms with Gasteiger partial charge in [-0.1, -0.05) is 25.1 Å². The number of aromatic hydroxyl groups is 1. The van der Waals surface area contributed by atoms with Crippen molar-refractivity contribution in [3.05, 3.63) is 35.9 Å². The number of hydrogen-bond acceptors (Lipinski definition) is 2. The highest BCUT2D eigenvalue weighted by molar-refractivity contribution is 5.85. The summed E-state index contributed by atoms with van der Waals surface area (Å²) in [6.07, 6.45) is 4.88. The number of benzene rings is 1. The second-order valence-corrected chi connectivity index (χ2v) is 5.69. The molecule has 0 heterocycles. The average molecular weight is 282 g/mol. The van der Waals surface area contributed by atoms with Crippen LogP contribution in [0.4, 0.5) is 0 Å². The van der Waals surface area contributed by atoms with E-state index in [1.165, 1.54) is 24.0 Å². The molecule has 0 spiro atoms. The summed E-state index contributed by atoms with van der Waals surface area (Å²) in [5.74, 6) is 1.58. The van der Waals surface area contributed by atoms with Crippen LogP contribution in [-0.4, -0.2) is 30.6 Å². The largest absolute Gasteiger partial charge is 0.508 e. The molecule has 2 atom stereocenters. The molecule has 2 unspecified atom stereocenters. The van der Waals surface area contributed by atoms with Gasteiger partial charge in [-0.25, -0.2) is 0 Å². The number of rotatable bonds is 3. The highest BCUT2D eigenvalue weighted by Crippen LogP contribution is 2.36. The Morgan fingerprint density at radius 3 is 2.63 bits per heavy atom. The molecular formula is C16H24ClNO. The van der Waals surface area contributed by atoms with Gasteiger partial charge in [0.2, 0.25) is 0 Å². The van der Waals surface area contributed by atoms with Crippen LogP contribution >= 0.6 is 12.4 Å². The zero-order valence-electron chi connectivity index (χ0n) is 12.0. The summed E-state index contributed by atoms with van der Waals surface area (Å²) in [7, 11) is 4.25. The van der Waals surface area contributed by atoms with E-state index < -0.39 is 0 Å². The van der Waals surface area contributed by atoms with Crippen LogP contribution < -0.4 is 0 Å². The molecule has 3 heteroatoms. The number of hydrogen-bond donors (Lipinski definition) is 1. The Labute approximate surface area is 122 Å². The van der Waals surface area contributed by atoms with Gasteiger partial charge in [-0.05, 0) is 62.0 Å². The molecule has 1 N–H and O–H groups in total. The van der Waals surface area contributed by atoms with Gasteiger partial charge in [0.25, 0.3) is 0 Å². The summed E-state index contributed by atoms with van der Waals surface area (Å²) in [6, 6.07) is 7.65. The third kappa shape index (κ3) is 4.26. The fraction of sp³-hybridized carbons (Fsp3) is 0.500. The Morgan fingerprint density at radius 1 is 1.26 bits per heavy atom.